The van der Waals surface area contributed by atoms with Crippen molar-refractivity contribution >= 4 is 38.1 Å². The monoisotopic (exact) mass is 408 g/mol. The Labute approximate surface area is 155 Å². The summed E-state index contributed by atoms with van der Waals surface area (Å²) in [4.78, 5) is 24.4. The van der Waals surface area contributed by atoms with E-state index in [9.17, 15) is 4.79 Å². The summed E-state index contributed by atoms with van der Waals surface area (Å²) in [7, 11) is 0. The van der Waals surface area contributed by atoms with E-state index in [1.807, 2.05) is 11.8 Å². The molecule has 1 amide bonds. The molecular weight excluding hydrogens is 388 g/mol. The molecule has 0 aromatic carbocycles. The van der Waals surface area contributed by atoms with Crippen molar-refractivity contribution in [2.75, 3.05) is 36.8 Å². The van der Waals surface area contributed by atoms with Gasteiger partial charge in [0.25, 0.3) is 5.91 Å². The summed E-state index contributed by atoms with van der Waals surface area (Å²) < 4.78 is 5.47. The normalized spacial score (nSPS) is 15.6. The quantitative estimate of drug-likeness (QED) is 0.437. The van der Waals surface area contributed by atoms with Crippen LogP contribution in [0.2, 0.25) is 0 Å². The van der Waals surface area contributed by atoms with Crippen LogP contribution in [0.5, 0.6) is 0 Å². The van der Waals surface area contributed by atoms with Gasteiger partial charge in [0.2, 0.25) is 0 Å². The van der Waals surface area contributed by atoms with Gasteiger partial charge >= 0.3 is 0 Å². The molecule has 8 nitrogen and oxygen atoms in total. The van der Waals surface area contributed by atoms with Crippen molar-refractivity contribution in [1.82, 2.24) is 14.9 Å². The molecule has 0 spiro atoms. The van der Waals surface area contributed by atoms with Crippen molar-refractivity contribution in [2.24, 2.45) is 0 Å². The van der Waals surface area contributed by atoms with Gasteiger partial charge in [-0.05, 0) is 35.9 Å². The number of ether oxygens (including phenoxy) is 1. The number of amides is 1. The number of rotatable bonds is 5. The smallest absolute Gasteiger partial charge is 0.289 e. The highest BCUT2D eigenvalue weighted by Gasteiger charge is 2.27. The molecule has 1 aliphatic heterocycles. The summed E-state index contributed by atoms with van der Waals surface area (Å²) in [6, 6.07) is 0. The van der Waals surface area contributed by atoms with Crippen molar-refractivity contribution in [3.8, 4) is 0 Å². The van der Waals surface area contributed by atoms with Gasteiger partial charge in [-0.1, -0.05) is 6.08 Å². The molecular formula is C16H21BrN6O2. The van der Waals surface area contributed by atoms with Gasteiger partial charge in [-0.15, -0.1) is 0 Å². The first kappa shape index (κ1) is 18.9. The zero-order valence-corrected chi connectivity index (χ0v) is 15.8. The number of nitrogens with one attached hydrogen (secondary N) is 1. The van der Waals surface area contributed by atoms with Crippen molar-refractivity contribution in [3.63, 3.8) is 0 Å². The summed E-state index contributed by atoms with van der Waals surface area (Å²) in [6.45, 7) is 5.79. The van der Waals surface area contributed by atoms with Crippen molar-refractivity contribution in [2.45, 2.75) is 13.8 Å². The number of halogens is 1. The Hall–Kier alpha value is -2.42. The maximum Gasteiger partial charge on any atom is 0.289 e. The number of hydrogen-bond acceptors (Lipinski definition) is 7. The minimum Gasteiger partial charge on any atom is -0.460 e. The summed E-state index contributed by atoms with van der Waals surface area (Å²) in [6.07, 6.45) is 6.25. The highest BCUT2D eigenvalue weighted by atomic mass is 79.9. The van der Waals surface area contributed by atoms with E-state index in [0.717, 1.165) is 0 Å². The van der Waals surface area contributed by atoms with E-state index in [1.165, 1.54) is 12.6 Å². The zero-order chi connectivity index (χ0) is 18.4. The topological polar surface area (TPSA) is 108 Å². The van der Waals surface area contributed by atoms with Gasteiger partial charge in [-0.3, -0.25) is 10.2 Å². The third kappa shape index (κ3) is 4.36. The minimum atomic E-state index is -0.143. The first-order chi connectivity index (χ1) is 12.0. The molecule has 3 N–H and O–H groups in total. The number of hydrogen-bond donors (Lipinski definition) is 2. The van der Waals surface area contributed by atoms with E-state index < -0.39 is 0 Å². The van der Waals surface area contributed by atoms with Gasteiger partial charge in [0.05, 0.1) is 11.8 Å². The Balaban J connectivity index is 2.09. The molecule has 25 heavy (non-hydrogen) atoms. The zero-order valence-electron chi connectivity index (χ0n) is 14.2. The molecule has 2 heterocycles. The first-order valence-corrected chi connectivity index (χ1v) is 8.62. The Morgan fingerprint density at radius 2 is 2.00 bits per heavy atom. The lowest BCUT2D eigenvalue weighted by molar-refractivity contribution is -0.130. The van der Waals surface area contributed by atoms with Gasteiger partial charge in [0.15, 0.2) is 5.76 Å². The van der Waals surface area contributed by atoms with Gasteiger partial charge in [0, 0.05) is 26.2 Å². The third-order valence-electron chi connectivity index (χ3n) is 3.75. The molecule has 1 aromatic heterocycles. The molecule has 1 aliphatic rings. The van der Waals surface area contributed by atoms with E-state index in [0.29, 0.717) is 43.3 Å². The SMILES string of the molecule is C/C=C\O/C(=C\C)C(=O)N1CCN(c2ncnc(N)c2C(=N)Br)CC1. The molecule has 0 bridgehead atoms. The van der Waals surface area contributed by atoms with E-state index in [4.69, 9.17) is 15.9 Å². The number of carbonyl (C=O) groups excluding carboxylic acids is 1. The van der Waals surface area contributed by atoms with Crippen molar-refractivity contribution in [1.29, 1.82) is 5.41 Å². The highest BCUT2D eigenvalue weighted by molar-refractivity contribution is 9.18. The van der Waals surface area contributed by atoms with Crippen LogP contribution >= 0.6 is 15.9 Å². The van der Waals surface area contributed by atoms with Crippen LogP contribution in [-0.4, -0.2) is 51.6 Å². The number of aromatic nitrogens is 2. The lowest BCUT2D eigenvalue weighted by Crippen LogP contribution is -2.49. The fourth-order valence-corrected chi connectivity index (χ4v) is 2.88. The van der Waals surface area contributed by atoms with E-state index >= 15 is 0 Å². The predicted molar refractivity (Wildman–Crippen MR) is 101 cm³/mol. The Morgan fingerprint density at radius 3 is 2.56 bits per heavy atom. The number of allylic oxidation sites excluding steroid dienone is 2. The Bertz CT molecular complexity index is 711. The molecule has 0 radical (unpaired) electrons. The van der Waals surface area contributed by atoms with Gasteiger partial charge in [-0.2, -0.15) is 0 Å². The standard InChI is InChI=1S/C16H21BrN6O2/c1-3-9-25-11(4-2)16(24)23-7-5-22(6-8-23)15-12(13(17)18)14(19)20-10-21-15/h3-4,9-10,18H,5-8H2,1-2H3,(H2,19,20,21)/b9-3-,11-4-,18-13?. The van der Waals surface area contributed by atoms with Crippen LogP contribution in [0, 0.1) is 5.41 Å². The fraction of sp³-hybridized carbons (Fsp3) is 0.375. The molecule has 1 fully saturated rings. The third-order valence-corrected chi connectivity index (χ3v) is 4.14. The summed E-state index contributed by atoms with van der Waals surface area (Å²) in [5.41, 5.74) is 6.33. The van der Waals surface area contributed by atoms with Gasteiger partial charge in [0.1, 0.15) is 22.6 Å². The molecule has 2 rings (SSSR count). The molecule has 134 valence electrons. The number of nitrogen functional groups attached to an aromatic ring is 1. The summed E-state index contributed by atoms with van der Waals surface area (Å²) >= 11 is 3.14. The molecule has 0 saturated carbocycles. The Kier molecular flexibility index (Phi) is 6.51. The number of nitrogens with two attached hydrogens (primary N) is 1. The fourth-order valence-electron chi connectivity index (χ4n) is 2.50. The molecule has 1 saturated heterocycles. The van der Waals surface area contributed by atoms with Crippen LogP contribution in [0.4, 0.5) is 11.6 Å². The van der Waals surface area contributed by atoms with Crippen LogP contribution < -0.4 is 10.6 Å². The second kappa shape index (κ2) is 8.61. The minimum absolute atomic E-state index is 0.134. The molecule has 0 atom stereocenters. The largest absolute Gasteiger partial charge is 0.460 e. The second-order valence-corrected chi connectivity index (χ2v) is 6.08. The van der Waals surface area contributed by atoms with Crippen LogP contribution in [0.15, 0.2) is 30.5 Å². The lowest BCUT2D eigenvalue weighted by Gasteiger charge is -2.36. The lowest BCUT2D eigenvalue weighted by atomic mass is 10.2. The average molecular weight is 409 g/mol. The maximum atomic E-state index is 12.5. The summed E-state index contributed by atoms with van der Waals surface area (Å²) in [5.74, 6) is 1.01. The average Bonchev–Trinajstić information content (AvgIpc) is 2.61. The predicted octanol–water partition coefficient (Wildman–Crippen LogP) is 1.88. The number of carbonyl (C=O) groups is 1. The number of piperazine rings is 1. The highest BCUT2D eigenvalue weighted by Crippen LogP contribution is 2.25. The van der Waals surface area contributed by atoms with Gasteiger partial charge < -0.3 is 20.3 Å². The number of anilines is 2. The molecule has 0 unspecified atom stereocenters. The molecule has 9 heteroatoms. The Morgan fingerprint density at radius 1 is 1.32 bits per heavy atom. The molecule has 1 aromatic rings. The number of nitrogens with zero attached hydrogens (tertiary/aromatic N) is 4. The van der Waals surface area contributed by atoms with Crippen LogP contribution in [0.1, 0.15) is 19.4 Å². The van der Waals surface area contributed by atoms with Gasteiger partial charge in [-0.25, -0.2) is 9.97 Å². The maximum absolute atomic E-state index is 12.5. The van der Waals surface area contributed by atoms with Crippen molar-refractivity contribution in [3.05, 3.63) is 36.1 Å². The first-order valence-electron chi connectivity index (χ1n) is 7.82. The molecule has 0 aliphatic carbocycles. The van der Waals surface area contributed by atoms with Crippen LogP contribution in [-0.2, 0) is 9.53 Å². The second-order valence-electron chi connectivity index (χ2n) is 5.29. The van der Waals surface area contributed by atoms with Crippen LogP contribution in [0.3, 0.4) is 0 Å². The van der Waals surface area contributed by atoms with E-state index in [-0.39, 0.29) is 16.3 Å². The van der Waals surface area contributed by atoms with Crippen LogP contribution in [0.25, 0.3) is 0 Å². The van der Waals surface area contributed by atoms with E-state index in [1.54, 1.807) is 24.0 Å². The van der Waals surface area contributed by atoms with E-state index in [2.05, 4.69) is 25.9 Å². The van der Waals surface area contributed by atoms with Crippen molar-refractivity contribution < 1.29 is 9.53 Å². The summed E-state index contributed by atoms with van der Waals surface area (Å²) in [5, 5.41) is 7.82.